The first kappa shape index (κ1) is 11.6. The second-order valence-corrected chi connectivity index (χ2v) is 4.30. The third-order valence-corrected chi connectivity index (χ3v) is 2.91. The van der Waals surface area contributed by atoms with Crippen molar-refractivity contribution in [2.24, 2.45) is 12.2 Å². The number of benzene rings is 1. The van der Waals surface area contributed by atoms with Gasteiger partial charge in [-0.3, -0.25) is 4.68 Å². The maximum atomic E-state index is 8.80. The van der Waals surface area contributed by atoms with Gasteiger partial charge in [0.25, 0.3) is 0 Å². The summed E-state index contributed by atoms with van der Waals surface area (Å²) < 4.78 is 12.8. The molecule has 2 aromatic rings. The van der Waals surface area contributed by atoms with Crippen LogP contribution in [0.25, 0.3) is 0 Å². The first-order chi connectivity index (χ1) is 9.26. The zero-order chi connectivity index (χ0) is 13.2. The first-order valence-electron chi connectivity index (χ1n) is 5.85. The summed E-state index contributed by atoms with van der Waals surface area (Å²) in [5.41, 5.74) is 2.34. The van der Waals surface area contributed by atoms with E-state index in [4.69, 9.17) is 14.7 Å². The summed E-state index contributed by atoms with van der Waals surface area (Å²) >= 11 is 0. The summed E-state index contributed by atoms with van der Waals surface area (Å²) in [6.07, 6.45) is 3.67. The van der Waals surface area contributed by atoms with Crippen molar-refractivity contribution in [2.45, 2.75) is 6.61 Å². The van der Waals surface area contributed by atoms with Gasteiger partial charge in [-0.25, -0.2) is 0 Å². The van der Waals surface area contributed by atoms with E-state index in [0.29, 0.717) is 23.8 Å². The van der Waals surface area contributed by atoms with Gasteiger partial charge in [-0.05, 0) is 12.1 Å². The number of nitrogens with zero attached hydrogens (tertiary/aromatic N) is 3. The monoisotopic (exact) mass is 259 g/mol. The third kappa shape index (κ3) is 2.24. The summed E-state index contributed by atoms with van der Waals surface area (Å²) in [7, 11) is 1.86. The zero-order valence-corrected chi connectivity index (χ0v) is 10.4. The molecule has 19 heavy (non-hydrogen) atoms. The van der Waals surface area contributed by atoms with Crippen LogP contribution < -0.4 is 9.47 Å². The van der Waals surface area contributed by atoms with Crippen molar-refractivity contribution in [1.82, 2.24) is 9.78 Å². The van der Waals surface area contributed by atoms with Gasteiger partial charge in [0.05, 0.1) is 6.20 Å². The Balaban J connectivity index is 1.73. The Kier molecular flexibility index (Phi) is 2.83. The molecule has 6 heteroatoms. The van der Waals surface area contributed by atoms with E-state index in [9.17, 15) is 0 Å². The van der Waals surface area contributed by atoms with Gasteiger partial charge in [0, 0.05) is 30.4 Å². The molecule has 1 aromatic carbocycles. The van der Waals surface area contributed by atoms with Gasteiger partial charge in [0.1, 0.15) is 30.4 Å². The SMILES string of the molecule is Cn1cc(COc2ccc3c(c2)OCC3=NO)cn1. The van der Waals surface area contributed by atoms with E-state index in [0.717, 1.165) is 11.1 Å². The Morgan fingerprint density at radius 2 is 2.42 bits per heavy atom. The minimum absolute atomic E-state index is 0.290. The molecular formula is C13H13N3O3. The number of hydrogen-bond acceptors (Lipinski definition) is 5. The molecule has 0 saturated carbocycles. The molecule has 0 fully saturated rings. The van der Waals surface area contributed by atoms with Gasteiger partial charge in [-0.1, -0.05) is 5.16 Å². The molecule has 2 heterocycles. The van der Waals surface area contributed by atoms with Gasteiger partial charge >= 0.3 is 0 Å². The molecule has 0 saturated heterocycles. The smallest absolute Gasteiger partial charge is 0.134 e. The quantitative estimate of drug-likeness (QED) is 0.671. The number of hydrogen-bond donors (Lipinski definition) is 1. The van der Waals surface area contributed by atoms with E-state index < -0.39 is 0 Å². The lowest BCUT2D eigenvalue weighted by atomic mass is 10.1. The topological polar surface area (TPSA) is 68.9 Å². The van der Waals surface area contributed by atoms with Gasteiger partial charge < -0.3 is 14.7 Å². The largest absolute Gasteiger partial charge is 0.489 e. The average Bonchev–Trinajstić information content (AvgIpc) is 3.01. The van der Waals surface area contributed by atoms with E-state index in [2.05, 4.69) is 10.3 Å². The van der Waals surface area contributed by atoms with E-state index in [1.165, 1.54) is 0 Å². The summed E-state index contributed by atoms with van der Waals surface area (Å²) in [6, 6.07) is 5.45. The Bertz CT molecular complexity index is 634. The van der Waals surface area contributed by atoms with Crippen LogP contribution in [-0.2, 0) is 13.7 Å². The molecule has 0 unspecified atom stereocenters. The molecule has 3 rings (SSSR count). The number of aromatic nitrogens is 2. The first-order valence-corrected chi connectivity index (χ1v) is 5.85. The molecule has 1 aromatic heterocycles. The Hall–Kier alpha value is -2.50. The number of aryl methyl sites for hydroxylation is 1. The van der Waals surface area contributed by atoms with Crippen LogP contribution >= 0.6 is 0 Å². The second-order valence-electron chi connectivity index (χ2n) is 4.30. The highest BCUT2D eigenvalue weighted by Crippen LogP contribution is 2.30. The summed E-state index contributed by atoms with van der Waals surface area (Å²) in [5.74, 6) is 1.39. The molecule has 0 atom stereocenters. The van der Waals surface area contributed by atoms with Crippen LogP contribution in [-0.4, -0.2) is 27.3 Å². The van der Waals surface area contributed by atoms with E-state index in [1.54, 1.807) is 16.9 Å². The number of fused-ring (bicyclic) bond motifs is 1. The van der Waals surface area contributed by atoms with Crippen LogP contribution in [0.3, 0.4) is 0 Å². The predicted octanol–water partition coefficient (Wildman–Crippen LogP) is 1.57. The van der Waals surface area contributed by atoms with Crippen LogP contribution in [0.4, 0.5) is 0 Å². The summed E-state index contributed by atoms with van der Waals surface area (Å²) in [4.78, 5) is 0. The second kappa shape index (κ2) is 4.64. The molecule has 1 aliphatic heterocycles. The van der Waals surface area contributed by atoms with Crippen LogP contribution in [0.1, 0.15) is 11.1 Å². The van der Waals surface area contributed by atoms with Gasteiger partial charge in [0.15, 0.2) is 0 Å². The number of rotatable bonds is 3. The van der Waals surface area contributed by atoms with Gasteiger partial charge in [-0.2, -0.15) is 5.10 Å². The zero-order valence-electron chi connectivity index (χ0n) is 10.4. The van der Waals surface area contributed by atoms with Crippen molar-refractivity contribution >= 4 is 5.71 Å². The molecule has 0 bridgehead atoms. The Morgan fingerprint density at radius 3 is 3.16 bits per heavy atom. The molecule has 1 aliphatic rings. The fourth-order valence-corrected chi connectivity index (χ4v) is 1.97. The molecule has 0 amide bonds. The van der Waals surface area contributed by atoms with Crippen molar-refractivity contribution < 1.29 is 14.7 Å². The van der Waals surface area contributed by atoms with Crippen LogP contribution in [0.5, 0.6) is 11.5 Å². The van der Waals surface area contributed by atoms with Crippen molar-refractivity contribution in [3.63, 3.8) is 0 Å². The van der Waals surface area contributed by atoms with Crippen molar-refractivity contribution in [2.75, 3.05) is 6.61 Å². The minimum atomic E-state index is 0.290. The Labute approximate surface area is 109 Å². The molecule has 0 spiro atoms. The minimum Gasteiger partial charge on any atom is -0.489 e. The maximum Gasteiger partial charge on any atom is 0.134 e. The lowest BCUT2D eigenvalue weighted by molar-refractivity contribution is 0.302. The highest BCUT2D eigenvalue weighted by molar-refractivity contribution is 6.05. The Morgan fingerprint density at radius 1 is 1.53 bits per heavy atom. The van der Waals surface area contributed by atoms with Crippen molar-refractivity contribution in [3.8, 4) is 11.5 Å². The lowest BCUT2D eigenvalue weighted by Crippen LogP contribution is -2.01. The fourth-order valence-electron chi connectivity index (χ4n) is 1.97. The van der Waals surface area contributed by atoms with Gasteiger partial charge in [-0.15, -0.1) is 0 Å². The van der Waals surface area contributed by atoms with E-state index in [-0.39, 0.29) is 6.61 Å². The van der Waals surface area contributed by atoms with Crippen LogP contribution in [0.2, 0.25) is 0 Å². The molecule has 98 valence electrons. The highest BCUT2D eigenvalue weighted by atomic mass is 16.5. The van der Waals surface area contributed by atoms with Crippen molar-refractivity contribution in [3.05, 3.63) is 41.7 Å². The molecular weight excluding hydrogens is 246 g/mol. The molecule has 0 aliphatic carbocycles. The van der Waals surface area contributed by atoms with Crippen LogP contribution in [0, 0.1) is 0 Å². The van der Waals surface area contributed by atoms with E-state index in [1.807, 2.05) is 25.4 Å². The number of ether oxygens (including phenoxy) is 2. The predicted molar refractivity (Wildman–Crippen MR) is 67.8 cm³/mol. The lowest BCUT2D eigenvalue weighted by Gasteiger charge is -2.06. The molecule has 6 nitrogen and oxygen atoms in total. The molecule has 0 radical (unpaired) electrons. The molecule has 1 N–H and O–H groups in total. The van der Waals surface area contributed by atoms with Crippen molar-refractivity contribution in [1.29, 1.82) is 0 Å². The van der Waals surface area contributed by atoms with Crippen LogP contribution in [0.15, 0.2) is 35.7 Å². The normalized spacial score (nSPS) is 15.3. The fraction of sp³-hybridized carbons (Fsp3) is 0.231. The highest BCUT2D eigenvalue weighted by Gasteiger charge is 2.20. The van der Waals surface area contributed by atoms with Gasteiger partial charge in [0.2, 0.25) is 0 Å². The average molecular weight is 259 g/mol. The number of oxime groups is 1. The third-order valence-electron chi connectivity index (χ3n) is 2.91. The summed E-state index contributed by atoms with van der Waals surface area (Å²) in [5, 5.41) is 16.1. The standard InChI is InChI=1S/C13H13N3O3/c1-16-6-9(5-14-16)7-18-10-2-3-11-12(15-17)8-19-13(11)4-10/h2-6,17H,7-8H2,1H3. The van der Waals surface area contributed by atoms with E-state index >= 15 is 0 Å². The summed E-state index contributed by atoms with van der Waals surface area (Å²) in [6.45, 7) is 0.742. The maximum absolute atomic E-state index is 8.80.